The number of thiazole rings is 1. The van der Waals surface area contributed by atoms with E-state index in [9.17, 15) is 0 Å². The molecule has 0 unspecified atom stereocenters. The van der Waals surface area contributed by atoms with Gasteiger partial charge in [-0.2, -0.15) is 0 Å². The van der Waals surface area contributed by atoms with Crippen molar-refractivity contribution < 1.29 is 0 Å². The van der Waals surface area contributed by atoms with Gasteiger partial charge >= 0.3 is 0 Å². The van der Waals surface area contributed by atoms with Gasteiger partial charge in [0.15, 0.2) is 0 Å². The summed E-state index contributed by atoms with van der Waals surface area (Å²) in [5, 5.41) is 5.58. The molecule has 2 aromatic heterocycles. The first-order valence-corrected chi connectivity index (χ1v) is 6.30. The van der Waals surface area contributed by atoms with Crippen molar-refractivity contribution in [3.63, 3.8) is 0 Å². The minimum absolute atomic E-state index is 0.932. The molecular formula is C12H15N3S. The zero-order valence-electron chi connectivity index (χ0n) is 9.53. The largest absolute Gasteiger partial charge is 0.376 e. The average molecular weight is 233 g/mol. The van der Waals surface area contributed by atoms with E-state index >= 15 is 0 Å². The maximum Gasteiger partial charge on any atom is 0.127 e. The van der Waals surface area contributed by atoms with Gasteiger partial charge in [-0.05, 0) is 25.5 Å². The maximum absolute atomic E-state index is 4.63. The molecule has 0 fully saturated rings. The molecule has 0 bridgehead atoms. The number of hydrogen-bond donors (Lipinski definition) is 1. The predicted molar refractivity (Wildman–Crippen MR) is 68.9 cm³/mol. The van der Waals surface area contributed by atoms with Crippen LogP contribution in [0.2, 0.25) is 0 Å². The summed E-state index contributed by atoms with van der Waals surface area (Å²) in [6.45, 7) is 5.16. The summed E-state index contributed by atoms with van der Waals surface area (Å²) in [7, 11) is 0. The van der Waals surface area contributed by atoms with Crippen LogP contribution < -0.4 is 5.32 Å². The fraction of sp³-hybridized carbons (Fsp3) is 0.333. The predicted octanol–water partition coefficient (Wildman–Crippen LogP) is 3.20. The molecule has 2 rings (SSSR count). The fourth-order valence-electron chi connectivity index (χ4n) is 1.50. The average Bonchev–Trinajstić information content (AvgIpc) is 2.74. The minimum Gasteiger partial charge on any atom is -0.376 e. The normalized spacial score (nSPS) is 10.4. The van der Waals surface area contributed by atoms with Crippen molar-refractivity contribution in [1.29, 1.82) is 0 Å². The number of anilines is 1. The quantitative estimate of drug-likeness (QED) is 0.881. The monoisotopic (exact) mass is 233 g/mol. The third-order valence-corrected chi connectivity index (χ3v) is 3.38. The third-order valence-electron chi connectivity index (χ3n) is 2.28. The van der Waals surface area contributed by atoms with Crippen LogP contribution in [0.1, 0.15) is 19.5 Å². The van der Waals surface area contributed by atoms with Gasteiger partial charge < -0.3 is 5.32 Å². The second-order valence-corrected chi connectivity index (χ2v) is 4.42. The summed E-state index contributed by atoms with van der Waals surface area (Å²) in [4.78, 5) is 8.75. The van der Waals surface area contributed by atoms with Gasteiger partial charge in [-0.1, -0.05) is 18.3 Å². The Bertz CT molecular complexity index is 451. The number of hydrogen-bond acceptors (Lipinski definition) is 4. The highest BCUT2D eigenvalue weighted by atomic mass is 32.1. The molecule has 4 heteroatoms. The van der Waals surface area contributed by atoms with Crippen LogP contribution in [0, 0.1) is 0 Å². The lowest BCUT2D eigenvalue weighted by molar-refractivity contribution is 1.05. The van der Waals surface area contributed by atoms with Crippen molar-refractivity contribution in [3.05, 3.63) is 30.2 Å². The first-order valence-electron chi connectivity index (χ1n) is 5.49. The van der Waals surface area contributed by atoms with E-state index in [4.69, 9.17) is 0 Å². The number of nitrogens with zero attached hydrogens (tertiary/aromatic N) is 2. The van der Waals surface area contributed by atoms with E-state index < -0.39 is 0 Å². The Hall–Kier alpha value is -1.42. The number of aromatic nitrogens is 2. The zero-order valence-corrected chi connectivity index (χ0v) is 10.3. The number of rotatable bonds is 4. The number of aryl methyl sites for hydroxylation is 1. The van der Waals surface area contributed by atoms with Gasteiger partial charge in [-0.25, -0.2) is 4.98 Å². The topological polar surface area (TPSA) is 37.8 Å². The van der Waals surface area contributed by atoms with Gasteiger partial charge in [0, 0.05) is 24.5 Å². The Kier molecular flexibility index (Phi) is 3.51. The Morgan fingerprint density at radius 3 is 2.88 bits per heavy atom. The Morgan fingerprint density at radius 1 is 1.38 bits per heavy atom. The van der Waals surface area contributed by atoms with E-state index in [-0.39, 0.29) is 0 Å². The van der Waals surface area contributed by atoms with Crippen LogP contribution in [0.5, 0.6) is 0 Å². The molecule has 0 amide bonds. The van der Waals surface area contributed by atoms with Crippen molar-refractivity contribution in [3.8, 4) is 10.6 Å². The van der Waals surface area contributed by atoms with E-state index in [1.807, 2.05) is 18.3 Å². The van der Waals surface area contributed by atoms with Crippen molar-refractivity contribution in [2.45, 2.75) is 20.3 Å². The van der Waals surface area contributed by atoms with Crippen molar-refractivity contribution >= 4 is 16.3 Å². The molecule has 0 aliphatic rings. The first kappa shape index (κ1) is 11.1. The van der Waals surface area contributed by atoms with Crippen LogP contribution in [0.25, 0.3) is 10.6 Å². The molecule has 2 aromatic rings. The first-order chi connectivity index (χ1) is 7.85. The molecule has 0 radical (unpaired) electrons. The summed E-state index contributed by atoms with van der Waals surface area (Å²) in [5.74, 6) is 0. The second-order valence-electron chi connectivity index (χ2n) is 3.42. The lowest BCUT2D eigenvalue weighted by Gasteiger charge is -1.98. The van der Waals surface area contributed by atoms with Gasteiger partial charge in [-0.3, -0.25) is 4.98 Å². The van der Waals surface area contributed by atoms with Crippen molar-refractivity contribution in [1.82, 2.24) is 9.97 Å². The molecule has 0 aliphatic carbocycles. The number of pyridine rings is 1. The van der Waals surface area contributed by atoms with Gasteiger partial charge in [-0.15, -0.1) is 0 Å². The van der Waals surface area contributed by atoms with Crippen LogP contribution in [-0.4, -0.2) is 16.5 Å². The Balaban J connectivity index is 2.36. The summed E-state index contributed by atoms with van der Waals surface area (Å²) < 4.78 is 0. The van der Waals surface area contributed by atoms with Gasteiger partial charge in [0.2, 0.25) is 0 Å². The summed E-state index contributed by atoms with van der Waals surface area (Å²) in [6.07, 6.45) is 4.59. The van der Waals surface area contributed by atoms with Crippen LogP contribution >= 0.6 is 11.3 Å². The molecule has 0 aromatic carbocycles. The van der Waals surface area contributed by atoms with E-state index in [2.05, 4.69) is 29.1 Å². The molecule has 0 aliphatic heterocycles. The molecule has 2 heterocycles. The molecule has 0 saturated carbocycles. The molecule has 84 valence electrons. The standard InChI is InChI=1S/C12H15N3S/c1-3-10-12(14-4-2)16-11(15-10)9-6-5-7-13-8-9/h5-8,14H,3-4H2,1-2H3. The van der Waals surface area contributed by atoms with Gasteiger partial charge in [0.05, 0.1) is 5.69 Å². The molecule has 1 N–H and O–H groups in total. The van der Waals surface area contributed by atoms with Gasteiger partial charge in [0.25, 0.3) is 0 Å². The molecule has 0 atom stereocenters. The van der Waals surface area contributed by atoms with Crippen LogP contribution in [0.15, 0.2) is 24.5 Å². The fourth-order valence-corrected chi connectivity index (χ4v) is 2.61. The van der Waals surface area contributed by atoms with E-state index in [1.54, 1.807) is 17.5 Å². The molecule has 0 saturated heterocycles. The van der Waals surface area contributed by atoms with Crippen LogP contribution in [0.4, 0.5) is 5.00 Å². The SMILES string of the molecule is CCNc1sc(-c2cccnc2)nc1CC. The van der Waals surface area contributed by atoms with Crippen LogP contribution in [0.3, 0.4) is 0 Å². The maximum atomic E-state index is 4.63. The number of nitrogens with one attached hydrogen (secondary N) is 1. The summed E-state index contributed by atoms with van der Waals surface area (Å²) >= 11 is 1.70. The highest BCUT2D eigenvalue weighted by Crippen LogP contribution is 2.31. The minimum atomic E-state index is 0.932. The van der Waals surface area contributed by atoms with E-state index in [0.29, 0.717) is 0 Å². The smallest absolute Gasteiger partial charge is 0.127 e. The lowest BCUT2D eigenvalue weighted by atomic mass is 10.3. The molecule has 16 heavy (non-hydrogen) atoms. The Morgan fingerprint density at radius 2 is 2.25 bits per heavy atom. The molecule has 0 spiro atoms. The molecule has 3 nitrogen and oxygen atoms in total. The second kappa shape index (κ2) is 5.07. The highest BCUT2D eigenvalue weighted by Gasteiger charge is 2.10. The molecular weight excluding hydrogens is 218 g/mol. The van der Waals surface area contributed by atoms with E-state index in [0.717, 1.165) is 29.2 Å². The zero-order chi connectivity index (χ0) is 11.4. The van der Waals surface area contributed by atoms with Crippen molar-refractivity contribution in [2.75, 3.05) is 11.9 Å². The summed E-state index contributed by atoms with van der Waals surface area (Å²) in [6, 6.07) is 3.98. The van der Waals surface area contributed by atoms with Gasteiger partial charge in [0.1, 0.15) is 10.0 Å². The van der Waals surface area contributed by atoms with Crippen LogP contribution in [-0.2, 0) is 6.42 Å². The van der Waals surface area contributed by atoms with E-state index in [1.165, 1.54) is 5.00 Å². The highest BCUT2D eigenvalue weighted by molar-refractivity contribution is 7.19. The third kappa shape index (κ3) is 2.22. The summed E-state index contributed by atoms with van der Waals surface area (Å²) in [5.41, 5.74) is 2.23. The van der Waals surface area contributed by atoms with Crippen molar-refractivity contribution in [2.24, 2.45) is 0 Å². The lowest BCUT2D eigenvalue weighted by Crippen LogP contribution is -1.96. The Labute approximate surface area is 99.6 Å².